The van der Waals surface area contributed by atoms with Crippen LogP contribution in [0.2, 0.25) is 0 Å². The van der Waals surface area contributed by atoms with Gasteiger partial charge in [-0.05, 0) is 62.1 Å². The molecule has 1 saturated heterocycles. The van der Waals surface area contributed by atoms with Crippen molar-refractivity contribution in [2.24, 2.45) is 0 Å². The lowest BCUT2D eigenvalue weighted by Gasteiger charge is -2.26. The number of benzene rings is 2. The first-order valence-electron chi connectivity index (χ1n) is 11.2. The van der Waals surface area contributed by atoms with E-state index >= 15 is 0 Å². The third kappa shape index (κ3) is 5.18. The molecule has 0 unspecified atom stereocenters. The maximum absolute atomic E-state index is 13.0. The van der Waals surface area contributed by atoms with Crippen molar-refractivity contribution < 1.29 is 32.2 Å². The van der Waals surface area contributed by atoms with Crippen LogP contribution in [0.25, 0.3) is 0 Å². The van der Waals surface area contributed by atoms with Crippen molar-refractivity contribution >= 4 is 21.9 Å². The van der Waals surface area contributed by atoms with Gasteiger partial charge < -0.3 is 19.5 Å². The highest BCUT2D eigenvalue weighted by atomic mass is 32.2. The summed E-state index contributed by atoms with van der Waals surface area (Å²) in [6.45, 7) is 4.49. The van der Waals surface area contributed by atoms with Crippen LogP contribution in [0.3, 0.4) is 0 Å². The summed E-state index contributed by atoms with van der Waals surface area (Å²) in [5.41, 5.74) is 1.49. The van der Waals surface area contributed by atoms with Crippen molar-refractivity contribution in [3.05, 3.63) is 53.1 Å². The molecule has 9 nitrogen and oxygen atoms in total. The zero-order chi connectivity index (χ0) is 24.3. The molecule has 2 aliphatic heterocycles. The molecule has 0 aromatic heterocycles. The van der Waals surface area contributed by atoms with E-state index < -0.39 is 28.0 Å². The maximum Gasteiger partial charge on any atom is 0.339 e. The number of amides is 1. The van der Waals surface area contributed by atoms with Crippen LogP contribution in [0.4, 0.5) is 0 Å². The highest BCUT2D eigenvalue weighted by molar-refractivity contribution is 7.89. The molecule has 2 aromatic rings. The number of carbonyl (C=O) groups is 2. The Balaban J connectivity index is 1.39. The van der Waals surface area contributed by atoms with E-state index in [1.165, 1.54) is 23.4 Å². The number of ether oxygens (including phenoxy) is 3. The number of fused-ring (bicyclic) bond motifs is 1. The van der Waals surface area contributed by atoms with Crippen molar-refractivity contribution in [2.75, 3.05) is 19.9 Å². The molecule has 2 aromatic carbocycles. The molecule has 10 heteroatoms. The van der Waals surface area contributed by atoms with Crippen LogP contribution in [0, 0.1) is 6.92 Å². The molecule has 0 radical (unpaired) electrons. The van der Waals surface area contributed by atoms with Crippen LogP contribution in [-0.4, -0.2) is 50.6 Å². The van der Waals surface area contributed by atoms with Crippen LogP contribution in [-0.2, 0) is 26.1 Å². The van der Waals surface area contributed by atoms with Gasteiger partial charge in [-0.15, -0.1) is 0 Å². The average molecular weight is 489 g/mol. The minimum Gasteiger partial charge on any atom is -0.454 e. The van der Waals surface area contributed by atoms with E-state index in [2.05, 4.69) is 5.32 Å². The molecule has 0 spiro atoms. The summed E-state index contributed by atoms with van der Waals surface area (Å²) < 4.78 is 43.4. The smallest absolute Gasteiger partial charge is 0.339 e. The Morgan fingerprint density at radius 2 is 1.79 bits per heavy atom. The predicted molar refractivity (Wildman–Crippen MR) is 123 cm³/mol. The molecule has 182 valence electrons. The summed E-state index contributed by atoms with van der Waals surface area (Å²) >= 11 is 0. The normalized spacial score (nSPS) is 16.6. The number of sulfonamides is 1. The fourth-order valence-corrected chi connectivity index (χ4v) is 5.44. The molecule has 1 fully saturated rings. The van der Waals surface area contributed by atoms with Gasteiger partial charge in [0.15, 0.2) is 17.6 Å². The molecule has 2 aliphatic rings. The molecular weight excluding hydrogens is 460 g/mol. The standard InChI is InChI=1S/C24H28N2O7S/c1-16-6-8-19(34(29,30)26-10-4-3-5-11-26)13-20(16)24(28)33-17(2)23(27)25-14-18-7-9-21-22(12-18)32-15-31-21/h6-9,12-13,17H,3-5,10-11,14-15H2,1-2H3,(H,25,27)/t17-/m1/s1. The molecule has 4 rings (SSSR count). The average Bonchev–Trinajstić information content (AvgIpc) is 3.31. The van der Waals surface area contributed by atoms with E-state index in [0.29, 0.717) is 30.2 Å². The Morgan fingerprint density at radius 1 is 1.06 bits per heavy atom. The second-order valence-corrected chi connectivity index (χ2v) is 10.3. The molecule has 1 atom stereocenters. The van der Waals surface area contributed by atoms with Gasteiger partial charge in [-0.2, -0.15) is 4.31 Å². The Labute approximate surface area is 199 Å². The van der Waals surface area contributed by atoms with E-state index in [1.807, 2.05) is 6.07 Å². The summed E-state index contributed by atoms with van der Waals surface area (Å²) in [5.74, 6) is 0.0399. The molecule has 1 N–H and O–H groups in total. The Hall–Kier alpha value is -3.11. The number of piperidine rings is 1. The number of esters is 1. The monoisotopic (exact) mass is 488 g/mol. The van der Waals surface area contributed by atoms with E-state index in [0.717, 1.165) is 24.8 Å². The lowest BCUT2D eigenvalue weighted by Crippen LogP contribution is -2.36. The van der Waals surface area contributed by atoms with E-state index in [-0.39, 0.29) is 23.8 Å². The summed E-state index contributed by atoms with van der Waals surface area (Å²) in [7, 11) is -3.70. The summed E-state index contributed by atoms with van der Waals surface area (Å²) in [4.78, 5) is 25.3. The van der Waals surface area contributed by atoms with Gasteiger partial charge in [0.05, 0.1) is 10.5 Å². The topological polar surface area (TPSA) is 111 Å². The lowest BCUT2D eigenvalue weighted by molar-refractivity contribution is -0.129. The van der Waals surface area contributed by atoms with Gasteiger partial charge in [0.1, 0.15) is 0 Å². The highest BCUT2D eigenvalue weighted by Crippen LogP contribution is 2.32. The second kappa shape index (κ2) is 10.0. The molecular formula is C24H28N2O7S. The fourth-order valence-electron chi connectivity index (χ4n) is 3.90. The zero-order valence-electron chi connectivity index (χ0n) is 19.2. The lowest BCUT2D eigenvalue weighted by atomic mass is 10.1. The van der Waals surface area contributed by atoms with Crippen LogP contribution in [0.1, 0.15) is 47.7 Å². The van der Waals surface area contributed by atoms with Gasteiger partial charge in [0, 0.05) is 19.6 Å². The minimum absolute atomic E-state index is 0.0480. The third-order valence-corrected chi connectivity index (χ3v) is 7.83. The summed E-state index contributed by atoms with van der Waals surface area (Å²) in [6, 6.07) is 9.76. The minimum atomic E-state index is -3.70. The SMILES string of the molecule is Cc1ccc(S(=O)(=O)N2CCCCC2)cc1C(=O)O[C@H](C)C(=O)NCc1ccc2c(c1)OCO2. The Bertz CT molecular complexity index is 1190. The largest absolute Gasteiger partial charge is 0.454 e. The van der Waals surface area contributed by atoms with Gasteiger partial charge in [0.25, 0.3) is 5.91 Å². The van der Waals surface area contributed by atoms with Crippen molar-refractivity contribution in [1.82, 2.24) is 9.62 Å². The molecule has 0 bridgehead atoms. The summed E-state index contributed by atoms with van der Waals surface area (Å²) in [5, 5.41) is 2.72. The molecule has 1 amide bonds. The number of hydrogen-bond acceptors (Lipinski definition) is 7. The van der Waals surface area contributed by atoms with E-state index in [4.69, 9.17) is 14.2 Å². The van der Waals surface area contributed by atoms with Crippen molar-refractivity contribution in [2.45, 2.75) is 50.7 Å². The van der Waals surface area contributed by atoms with Crippen LogP contribution >= 0.6 is 0 Å². The van der Waals surface area contributed by atoms with Gasteiger partial charge >= 0.3 is 5.97 Å². The highest BCUT2D eigenvalue weighted by Gasteiger charge is 2.28. The fraction of sp³-hybridized carbons (Fsp3) is 0.417. The number of nitrogens with one attached hydrogen (secondary N) is 1. The number of carbonyl (C=O) groups excluding carboxylic acids is 2. The first-order valence-corrected chi connectivity index (χ1v) is 12.7. The van der Waals surface area contributed by atoms with Crippen molar-refractivity contribution in [3.8, 4) is 11.5 Å². The van der Waals surface area contributed by atoms with E-state index in [1.54, 1.807) is 25.1 Å². The summed E-state index contributed by atoms with van der Waals surface area (Å²) in [6.07, 6.45) is 1.58. The maximum atomic E-state index is 13.0. The Kier molecular flexibility index (Phi) is 7.08. The van der Waals surface area contributed by atoms with Gasteiger partial charge in [-0.25, -0.2) is 13.2 Å². The number of hydrogen-bond donors (Lipinski definition) is 1. The first kappa shape index (κ1) is 24.0. The second-order valence-electron chi connectivity index (χ2n) is 8.39. The van der Waals surface area contributed by atoms with Gasteiger partial charge in [-0.3, -0.25) is 4.79 Å². The van der Waals surface area contributed by atoms with Crippen LogP contribution < -0.4 is 14.8 Å². The molecule has 34 heavy (non-hydrogen) atoms. The first-order chi connectivity index (χ1) is 16.3. The third-order valence-electron chi connectivity index (χ3n) is 5.94. The molecule has 2 heterocycles. The molecule has 0 saturated carbocycles. The van der Waals surface area contributed by atoms with Crippen LogP contribution in [0.15, 0.2) is 41.3 Å². The predicted octanol–water partition coefficient (Wildman–Crippen LogP) is 2.76. The van der Waals surface area contributed by atoms with Gasteiger partial charge in [0.2, 0.25) is 16.8 Å². The van der Waals surface area contributed by atoms with Crippen LogP contribution in [0.5, 0.6) is 11.5 Å². The zero-order valence-corrected chi connectivity index (χ0v) is 20.0. The van der Waals surface area contributed by atoms with Gasteiger partial charge in [-0.1, -0.05) is 18.6 Å². The number of nitrogens with zero attached hydrogens (tertiary/aromatic N) is 1. The van der Waals surface area contributed by atoms with E-state index in [9.17, 15) is 18.0 Å². The number of rotatable bonds is 7. The van der Waals surface area contributed by atoms with Crippen molar-refractivity contribution in [1.29, 1.82) is 0 Å². The Morgan fingerprint density at radius 3 is 2.56 bits per heavy atom. The van der Waals surface area contributed by atoms with Crippen molar-refractivity contribution in [3.63, 3.8) is 0 Å². The molecule has 0 aliphatic carbocycles. The quantitative estimate of drug-likeness (QED) is 0.597. The number of aryl methyl sites for hydroxylation is 1.